The van der Waals surface area contributed by atoms with E-state index in [9.17, 15) is 9.59 Å². The van der Waals surface area contributed by atoms with Gasteiger partial charge in [-0.1, -0.05) is 81.8 Å². The number of benzene rings is 3. The molecule has 6 aromatic rings. The molecular formula is C73H124F6O16S3Si12. The molecule has 3 heterocycles. The van der Waals surface area contributed by atoms with E-state index in [-0.39, 0.29) is 48.0 Å². The van der Waals surface area contributed by atoms with Crippen LogP contribution in [0.25, 0.3) is 51.5 Å². The molecule has 620 valence electrons. The van der Waals surface area contributed by atoms with Gasteiger partial charge in [-0.25, -0.2) is 0 Å². The summed E-state index contributed by atoms with van der Waals surface area (Å²) in [4.78, 5) is 25.3. The van der Waals surface area contributed by atoms with Crippen LogP contribution in [0.4, 0.5) is 26.3 Å². The summed E-state index contributed by atoms with van der Waals surface area (Å²) in [5.41, 5.74) is -2.70. The molecule has 0 bridgehead atoms. The van der Waals surface area contributed by atoms with Crippen LogP contribution in [0.15, 0.2) is 60.7 Å². The summed E-state index contributed by atoms with van der Waals surface area (Å²) in [5, 5.41) is 2.48. The van der Waals surface area contributed by atoms with Crippen molar-refractivity contribution in [2.45, 2.75) is 284 Å². The molecule has 16 nitrogen and oxygen atoms in total. The summed E-state index contributed by atoms with van der Waals surface area (Å²) < 4.78 is 194. The minimum absolute atomic E-state index is 0.0185. The standard InChI is InChI=1S/C73H124F6O16S3Si12/c1-28-29-52-99(4,5)85-101(8,9)87-103(12,13)89-105(16,17)91-107(20,21)93-109(24,25)95-110(26,27)94-108(22,23)92-106(18,19)90-104(14,15)88-102(10,11)86-100(6,7)53-40-49-82-50-51-83-62(80)45-34-32-30-31-33-35-46-63(81)84-55(3)65-56-41-36-39-44-59(56)97-70(65)68-67(71(74,75)73(78,79)72(68,76)77)69-54(2)64-60(98-69)47-48-61-66(64)57-42-37-38-43-58(57)96-61/h36-39,41-44,47-48,55H,28-35,40,45-46,49-53H2,1-27H3. The number of alkyl halides is 6. The van der Waals surface area contributed by atoms with Gasteiger partial charge >= 0.3 is 115 Å². The third-order valence-electron chi connectivity index (χ3n) is 18.1. The number of rotatable bonds is 45. The van der Waals surface area contributed by atoms with Gasteiger partial charge in [-0.3, -0.25) is 9.59 Å². The lowest BCUT2D eigenvalue weighted by molar-refractivity contribution is -0.254. The highest BCUT2D eigenvalue weighted by atomic mass is 32.1. The Morgan fingerprint density at radius 2 is 0.745 bits per heavy atom. The number of hydrogen-bond donors (Lipinski definition) is 0. The average molecular weight is 1800 g/mol. The second kappa shape index (κ2) is 36.4. The topological polar surface area (TPSA) is 163 Å². The Kier molecular flexibility index (Phi) is 31.6. The zero-order valence-electron chi connectivity index (χ0n) is 70.2. The van der Waals surface area contributed by atoms with E-state index in [2.05, 4.69) is 98.6 Å². The summed E-state index contributed by atoms with van der Waals surface area (Å²) in [7, 11) is -31.7. The average Bonchev–Trinajstić information content (AvgIpc) is 1.52. The van der Waals surface area contributed by atoms with Gasteiger partial charge in [-0.15, -0.1) is 34.0 Å². The van der Waals surface area contributed by atoms with E-state index in [0.717, 1.165) is 82.1 Å². The quantitative estimate of drug-likeness (QED) is 0.0153. The molecule has 0 spiro atoms. The van der Waals surface area contributed by atoms with Gasteiger partial charge in [-0.05, 0) is 238 Å². The number of hydrogen-bond acceptors (Lipinski definition) is 19. The molecule has 37 heteroatoms. The van der Waals surface area contributed by atoms with Gasteiger partial charge in [0.2, 0.25) is 0 Å². The number of aryl methyl sites for hydroxylation is 1. The smallest absolute Gasteiger partial charge is 0.380 e. The number of carbonyl (C=O) groups is 2. The van der Waals surface area contributed by atoms with Gasteiger partial charge in [0.15, 0.2) is 16.6 Å². The van der Waals surface area contributed by atoms with Gasteiger partial charge in [0.25, 0.3) is 0 Å². The monoisotopic (exact) mass is 1800 g/mol. The summed E-state index contributed by atoms with van der Waals surface area (Å²) in [5.74, 6) is -17.3. The van der Waals surface area contributed by atoms with E-state index >= 15 is 26.3 Å². The van der Waals surface area contributed by atoms with E-state index < -0.39 is 148 Å². The third kappa shape index (κ3) is 26.1. The number of carbonyl (C=O) groups excluding carboxylic acids is 2. The van der Waals surface area contributed by atoms with Gasteiger partial charge in [0, 0.05) is 69.7 Å². The highest BCUT2D eigenvalue weighted by molar-refractivity contribution is 7.26. The van der Waals surface area contributed by atoms with Crippen LogP contribution in [0.5, 0.6) is 0 Å². The van der Waals surface area contributed by atoms with E-state index in [1.54, 1.807) is 30.3 Å². The SMILES string of the molecule is CCCC[Si](C)(C)O[Si](C)(C)O[Si](C)(C)O[Si](C)(C)O[Si](C)(C)O[Si](C)(C)O[Si](C)(C)O[Si](C)(C)O[Si](C)(C)O[Si](C)(C)O[Si](C)(C)O[Si](C)(C)CCCOCCOC(=O)CCCCCCCCC(=O)OC(C)c1c(C2=C(c3sc4ccc5sc6ccccc6c5c4c3C)C(F)(F)C(F)(F)C2(F)F)sc2ccccc12. The lowest BCUT2D eigenvalue weighted by Crippen LogP contribution is -2.62. The van der Waals surface area contributed by atoms with Gasteiger partial charge in [0.05, 0.1) is 17.8 Å². The van der Waals surface area contributed by atoms with Crippen molar-refractivity contribution in [1.82, 2.24) is 0 Å². The molecule has 1 aliphatic carbocycles. The highest BCUT2D eigenvalue weighted by Gasteiger charge is 2.81. The van der Waals surface area contributed by atoms with Crippen LogP contribution in [0.3, 0.4) is 0 Å². The number of halogens is 6. The Hall–Kier alpha value is -1.82. The molecule has 0 N–H and O–H groups in total. The van der Waals surface area contributed by atoms with Crippen molar-refractivity contribution >= 4 is 200 Å². The zero-order valence-corrected chi connectivity index (χ0v) is 84.6. The largest absolute Gasteiger partial charge is 0.463 e. The van der Waals surface area contributed by atoms with Crippen LogP contribution < -0.4 is 0 Å². The Balaban J connectivity index is 0.781. The Morgan fingerprint density at radius 3 is 1.18 bits per heavy atom. The minimum atomic E-state index is -5.78. The van der Waals surface area contributed by atoms with Crippen LogP contribution in [-0.4, -0.2) is 152 Å². The van der Waals surface area contributed by atoms with E-state index in [1.807, 2.05) is 95.8 Å². The number of esters is 2. The van der Waals surface area contributed by atoms with Crippen LogP contribution >= 0.6 is 34.0 Å². The van der Waals surface area contributed by atoms with E-state index in [4.69, 9.17) is 59.5 Å². The molecular weight excluding hydrogens is 1680 g/mol. The molecule has 1 unspecified atom stereocenters. The molecule has 7 rings (SSSR count). The number of thiophene rings is 3. The molecule has 0 radical (unpaired) electrons. The maximum Gasteiger partial charge on any atom is 0.380 e. The van der Waals surface area contributed by atoms with Gasteiger partial charge < -0.3 is 59.5 Å². The van der Waals surface area contributed by atoms with E-state index in [0.29, 0.717) is 57.4 Å². The Labute approximate surface area is 675 Å². The van der Waals surface area contributed by atoms with Crippen molar-refractivity contribution in [2.75, 3.05) is 19.8 Å². The number of fused-ring (bicyclic) bond motifs is 6. The molecule has 110 heavy (non-hydrogen) atoms. The molecule has 1 aliphatic rings. The van der Waals surface area contributed by atoms with Crippen LogP contribution in [-0.2, 0) is 69.1 Å². The van der Waals surface area contributed by atoms with Gasteiger partial charge in [0.1, 0.15) is 12.7 Å². The number of ether oxygens (including phenoxy) is 3. The summed E-state index contributed by atoms with van der Waals surface area (Å²) in [6.07, 6.45) is 6.09. The molecule has 0 saturated heterocycles. The first kappa shape index (κ1) is 95.3. The number of unbranched alkanes of at least 4 members (excludes halogenated alkanes) is 6. The maximum absolute atomic E-state index is 16.6. The molecule has 0 fully saturated rings. The fourth-order valence-electron chi connectivity index (χ4n) is 15.9. The van der Waals surface area contributed by atoms with Crippen molar-refractivity contribution in [3.8, 4) is 0 Å². The second-order valence-electron chi connectivity index (χ2n) is 34.7. The van der Waals surface area contributed by atoms with Crippen molar-refractivity contribution in [1.29, 1.82) is 0 Å². The number of allylic oxidation sites excluding steroid dienone is 2. The van der Waals surface area contributed by atoms with E-state index in [1.165, 1.54) is 25.2 Å². The fraction of sp³-hybridized carbons (Fsp3) is 0.644. The van der Waals surface area contributed by atoms with Crippen LogP contribution in [0.1, 0.15) is 111 Å². The minimum Gasteiger partial charge on any atom is -0.463 e. The van der Waals surface area contributed by atoms with Gasteiger partial charge in [-0.2, -0.15) is 26.3 Å². The Morgan fingerprint density at radius 1 is 0.391 bits per heavy atom. The molecule has 3 aromatic carbocycles. The molecule has 3 aromatic heterocycles. The second-order valence-corrected chi connectivity index (χ2v) is 82.9. The molecule has 0 aliphatic heterocycles. The lowest BCUT2D eigenvalue weighted by atomic mass is 9.96. The normalized spacial score (nSPS) is 16.4. The summed E-state index contributed by atoms with van der Waals surface area (Å²) in [6, 6.07) is 19.5. The first-order valence-electron chi connectivity index (χ1n) is 38.6. The Bertz CT molecular complexity index is 4180. The van der Waals surface area contributed by atoms with Crippen molar-refractivity contribution in [2.24, 2.45) is 0 Å². The maximum atomic E-state index is 16.6. The summed E-state index contributed by atoms with van der Waals surface area (Å²) in [6.45, 7) is 56.3. The van der Waals surface area contributed by atoms with Crippen molar-refractivity contribution in [3.63, 3.8) is 0 Å². The van der Waals surface area contributed by atoms with Crippen molar-refractivity contribution in [3.05, 3.63) is 81.5 Å². The highest BCUT2D eigenvalue weighted by Crippen LogP contribution is 2.68. The zero-order chi connectivity index (χ0) is 82.7. The molecule has 0 saturated carbocycles. The third-order valence-corrected chi connectivity index (χ3v) is 68.6. The first-order chi connectivity index (χ1) is 50.2. The first-order valence-corrected chi connectivity index (χ1v) is 75.4. The van der Waals surface area contributed by atoms with Crippen LogP contribution in [0.2, 0.25) is 169 Å². The molecule has 0 amide bonds. The summed E-state index contributed by atoms with van der Waals surface area (Å²) >= 11 is 2.99. The fourth-order valence-corrected chi connectivity index (χ4v) is 81.4. The predicted octanol–water partition coefficient (Wildman–Crippen LogP) is 24.7. The predicted molar refractivity (Wildman–Crippen MR) is 467 cm³/mol. The lowest BCUT2D eigenvalue weighted by Gasteiger charge is -2.45. The van der Waals surface area contributed by atoms with Crippen molar-refractivity contribution < 1.29 is 95.4 Å². The molecule has 1 atom stereocenters. The van der Waals surface area contributed by atoms with Crippen LogP contribution in [0, 0.1) is 6.92 Å².